The van der Waals surface area contributed by atoms with Crippen LogP contribution in [-0.4, -0.2) is 5.11 Å². The lowest BCUT2D eigenvalue weighted by molar-refractivity contribution is 0.421. The van der Waals surface area contributed by atoms with Gasteiger partial charge in [0, 0.05) is 5.92 Å². The van der Waals surface area contributed by atoms with Gasteiger partial charge in [0.25, 0.3) is 0 Å². The third-order valence-electron chi connectivity index (χ3n) is 4.17. The van der Waals surface area contributed by atoms with Gasteiger partial charge in [-0.25, -0.2) is 0 Å². The summed E-state index contributed by atoms with van der Waals surface area (Å²) in [4.78, 5) is 0. The number of benzene rings is 1. The molecule has 2 rings (SSSR count). The van der Waals surface area contributed by atoms with E-state index in [1.165, 1.54) is 22.3 Å². The Hall–Kier alpha value is -1.50. The maximum Gasteiger partial charge on any atom is 0.111 e. The number of hydrogen-bond donors (Lipinski definition) is 1. The molecule has 1 aliphatic carbocycles. The topological polar surface area (TPSA) is 20.2 Å². The van der Waals surface area contributed by atoms with E-state index in [0.29, 0.717) is 5.92 Å². The van der Waals surface area contributed by atoms with Crippen LogP contribution in [0.25, 0.3) is 0 Å². The maximum absolute atomic E-state index is 9.69. The molecule has 1 aromatic carbocycles. The van der Waals surface area contributed by atoms with Gasteiger partial charge in [-0.2, -0.15) is 0 Å². The van der Waals surface area contributed by atoms with Gasteiger partial charge in [0.1, 0.15) is 5.76 Å². The number of aryl methyl sites for hydroxylation is 1. The minimum atomic E-state index is 0.190. The quantitative estimate of drug-likeness (QED) is 0.563. The highest BCUT2D eigenvalue weighted by Gasteiger charge is 2.36. The summed E-state index contributed by atoms with van der Waals surface area (Å²) >= 11 is 0. The molecule has 1 atom stereocenters. The second kappa shape index (κ2) is 5.12. The van der Waals surface area contributed by atoms with Crippen LogP contribution in [0.3, 0.4) is 0 Å². The van der Waals surface area contributed by atoms with Crippen molar-refractivity contribution < 1.29 is 5.11 Å². The molecular formula is C19H26O. The SMILES string of the molecule is C=C(O)/C(=C/CC)CC1c2cc(C(C)(C)C)cc(C)c21. The summed E-state index contributed by atoms with van der Waals surface area (Å²) in [5.74, 6) is 0.700. The molecule has 0 amide bonds. The number of rotatable bonds is 4. The average Bonchev–Trinajstić information content (AvgIpc) is 3.01. The zero-order chi connectivity index (χ0) is 15.1. The van der Waals surface area contributed by atoms with E-state index in [1.807, 2.05) is 0 Å². The van der Waals surface area contributed by atoms with Gasteiger partial charge < -0.3 is 5.11 Å². The Morgan fingerprint density at radius 3 is 2.50 bits per heavy atom. The largest absolute Gasteiger partial charge is 0.508 e. The zero-order valence-corrected chi connectivity index (χ0v) is 13.4. The van der Waals surface area contributed by atoms with E-state index in [1.54, 1.807) is 0 Å². The van der Waals surface area contributed by atoms with Crippen molar-refractivity contribution in [3.05, 3.63) is 58.4 Å². The molecule has 0 spiro atoms. The highest BCUT2D eigenvalue weighted by molar-refractivity contribution is 5.60. The van der Waals surface area contributed by atoms with Crippen LogP contribution in [0.4, 0.5) is 0 Å². The second-order valence-electron chi connectivity index (χ2n) is 6.89. The van der Waals surface area contributed by atoms with Crippen molar-refractivity contribution in [2.45, 2.75) is 58.8 Å². The van der Waals surface area contributed by atoms with Crippen LogP contribution in [-0.2, 0) is 5.41 Å². The summed E-state index contributed by atoms with van der Waals surface area (Å²) < 4.78 is 0. The molecule has 1 unspecified atom stereocenters. The predicted octanol–water partition coefficient (Wildman–Crippen LogP) is 5.54. The molecule has 1 aromatic rings. The fraction of sp³-hybridized carbons (Fsp3) is 0.474. The van der Waals surface area contributed by atoms with Crippen LogP contribution in [0, 0.1) is 6.92 Å². The molecule has 0 radical (unpaired) electrons. The highest BCUT2D eigenvalue weighted by Crippen LogP contribution is 2.51. The van der Waals surface area contributed by atoms with E-state index >= 15 is 0 Å². The lowest BCUT2D eigenvalue weighted by atomic mass is 9.86. The Morgan fingerprint density at radius 1 is 1.35 bits per heavy atom. The molecule has 0 bridgehead atoms. The summed E-state index contributed by atoms with van der Waals surface area (Å²) in [5.41, 5.74) is 6.90. The smallest absolute Gasteiger partial charge is 0.111 e. The van der Waals surface area contributed by atoms with E-state index in [-0.39, 0.29) is 11.2 Å². The molecule has 0 fully saturated rings. The van der Waals surface area contributed by atoms with Crippen molar-refractivity contribution in [3.63, 3.8) is 0 Å². The Labute approximate surface area is 123 Å². The van der Waals surface area contributed by atoms with Gasteiger partial charge in [0.05, 0.1) is 0 Å². The van der Waals surface area contributed by atoms with Crippen molar-refractivity contribution in [3.8, 4) is 0 Å². The number of aliphatic hydroxyl groups excluding tert-OH is 1. The molecule has 1 aliphatic rings. The molecule has 0 saturated carbocycles. The summed E-state index contributed by atoms with van der Waals surface area (Å²) in [6.45, 7) is 14.7. The fourth-order valence-electron chi connectivity index (χ4n) is 2.92. The fourth-order valence-corrected chi connectivity index (χ4v) is 2.92. The van der Waals surface area contributed by atoms with Crippen LogP contribution in [0.5, 0.6) is 0 Å². The summed E-state index contributed by atoms with van der Waals surface area (Å²) in [7, 11) is 0. The first kappa shape index (κ1) is 14.9. The number of fused-ring (bicyclic) bond motifs is 1. The van der Waals surface area contributed by atoms with Gasteiger partial charge in [-0.1, -0.05) is 52.5 Å². The van der Waals surface area contributed by atoms with Gasteiger partial charge in [0.15, 0.2) is 0 Å². The molecule has 1 nitrogen and oxygen atoms in total. The first-order chi connectivity index (χ1) is 9.25. The van der Waals surface area contributed by atoms with Gasteiger partial charge >= 0.3 is 0 Å². The predicted molar refractivity (Wildman–Crippen MR) is 86.5 cm³/mol. The Balaban J connectivity index is 2.24. The minimum Gasteiger partial charge on any atom is -0.508 e. The Bertz CT molecular complexity index is 570. The molecule has 0 saturated heterocycles. The Kier molecular flexibility index (Phi) is 3.82. The number of hydrogen-bond acceptors (Lipinski definition) is 1. The lowest BCUT2D eigenvalue weighted by Gasteiger charge is -2.18. The van der Waals surface area contributed by atoms with Crippen LogP contribution in [0.15, 0.2) is 36.1 Å². The normalized spacial score (nSPS) is 17.9. The molecule has 0 aliphatic heterocycles. The molecule has 1 N–H and O–H groups in total. The number of allylic oxidation sites excluding steroid dienone is 2. The van der Waals surface area contributed by atoms with E-state index < -0.39 is 0 Å². The van der Waals surface area contributed by atoms with Crippen LogP contribution < -0.4 is 0 Å². The minimum absolute atomic E-state index is 0.190. The highest BCUT2D eigenvalue weighted by atomic mass is 16.3. The van der Waals surface area contributed by atoms with Crippen molar-refractivity contribution in [1.82, 2.24) is 0 Å². The molecule has 0 heterocycles. The Morgan fingerprint density at radius 2 is 2.00 bits per heavy atom. The molecule has 108 valence electrons. The summed E-state index contributed by atoms with van der Waals surface area (Å²) in [6, 6.07) is 4.66. The molecule has 0 aromatic heterocycles. The van der Waals surface area contributed by atoms with Gasteiger partial charge in [-0.3, -0.25) is 0 Å². The third-order valence-corrected chi connectivity index (χ3v) is 4.17. The number of aliphatic hydroxyl groups is 1. The van der Waals surface area contributed by atoms with Gasteiger partial charge in [0.2, 0.25) is 0 Å². The summed E-state index contributed by atoms with van der Waals surface area (Å²) in [5, 5.41) is 9.69. The maximum atomic E-state index is 9.69. The first-order valence-electron chi connectivity index (χ1n) is 7.48. The van der Waals surface area contributed by atoms with Crippen molar-refractivity contribution in [2.75, 3.05) is 0 Å². The van der Waals surface area contributed by atoms with Crippen molar-refractivity contribution in [2.24, 2.45) is 0 Å². The van der Waals surface area contributed by atoms with Gasteiger partial charge in [-0.15, -0.1) is 0 Å². The molecule has 1 heteroatoms. The molecule has 20 heavy (non-hydrogen) atoms. The van der Waals surface area contributed by atoms with Crippen molar-refractivity contribution in [1.29, 1.82) is 0 Å². The van der Waals surface area contributed by atoms with Crippen molar-refractivity contribution >= 4 is 0 Å². The van der Waals surface area contributed by atoms with E-state index in [9.17, 15) is 5.11 Å². The standard InChI is InChI=1S/C19H26O/c1-7-8-14(13(3)20)10-16-17-11-15(19(4,5)6)9-12(2)18(16)17/h8-9,11,16,20H,3,7,10H2,1-2,4-6H3/b14-8+. The van der Waals surface area contributed by atoms with E-state index in [0.717, 1.165) is 18.4 Å². The molecular weight excluding hydrogens is 244 g/mol. The van der Waals surface area contributed by atoms with E-state index in [2.05, 4.69) is 59.4 Å². The van der Waals surface area contributed by atoms with E-state index in [4.69, 9.17) is 0 Å². The zero-order valence-electron chi connectivity index (χ0n) is 13.4. The first-order valence-corrected chi connectivity index (χ1v) is 7.48. The van der Waals surface area contributed by atoms with Gasteiger partial charge in [-0.05, 0) is 53.0 Å². The lowest BCUT2D eigenvalue weighted by Crippen LogP contribution is -2.10. The summed E-state index contributed by atoms with van der Waals surface area (Å²) in [6.07, 6.45) is 3.90. The second-order valence-corrected chi connectivity index (χ2v) is 6.89. The van der Waals surface area contributed by atoms with Crippen LogP contribution in [0.1, 0.15) is 68.7 Å². The monoisotopic (exact) mass is 270 g/mol. The third kappa shape index (κ3) is 2.82. The van der Waals surface area contributed by atoms with Crippen LogP contribution in [0.2, 0.25) is 0 Å². The average molecular weight is 270 g/mol. The van der Waals surface area contributed by atoms with Crippen LogP contribution >= 0.6 is 0 Å².